The monoisotopic (exact) mass is 360 g/mol. The molecule has 2 N–H and O–H groups in total. The van der Waals surface area contributed by atoms with E-state index in [1.54, 1.807) is 0 Å². The zero-order valence-electron chi connectivity index (χ0n) is 15.5. The molecule has 2 bridgehead atoms. The number of allylic oxidation sites excluding steroid dienone is 2. The van der Waals surface area contributed by atoms with Gasteiger partial charge in [0.2, 0.25) is 11.8 Å². The molecule has 2 aliphatic carbocycles. The molecule has 2 amide bonds. The van der Waals surface area contributed by atoms with Crippen LogP contribution in [-0.2, 0) is 14.3 Å². The maximum absolute atomic E-state index is 12.7. The number of likely N-dealkylation sites (tertiary alicyclic amines) is 1. The second kappa shape index (κ2) is 6.68. The standard InChI is InChI=1S/C19H28N4O3/c1-3-20-18(22-9-19(2)10-26-11-19)21-6-7-23-16(24)14-12-4-5-13(8-12)15(14)17(23)25/h4-5,12-15H,3,6-11H2,1-2H3,(H2,20,21,22). The normalized spacial score (nSPS) is 34.2. The van der Waals surface area contributed by atoms with Gasteiger partial charge in [-0.15, -0.1) is 0 Å². The fourth-order valence-electron chi connectivity index (χ4n) is 4.62. The van der Waals surface area contributed by atoms with Crippen LogP contribution in [0.2, 0.25) is 0 Å². The Labute approximate surface area is 154 Å². The molecule has 3 fully saturated rings. The molecule has 2 heterocycles. The molecule has 4 atom stereocenters. The van der Waals surface area contributed by atoms with Gasteiger partial charge >= 0.3 is 0 Å². The lowest BCUT2D eigenvalue weighted by Gasteiger charge is -2.36. The van der Waals surface area contributed by atoms with Gasteiger partial charge in [-0.25, -0.2) is 0 Å². The van der Waals surface area contributed by atoms with Gasteiger partial charge in [0.05, 0.1) is 31.6 Å². The van der Waals surface area contributed by atoms with E-state index in [9.17, 15) is 9.59 Å². The molecular weight excluding hydrogens is 332 g/mol. The molecule has 0 spiro atoms. The number of hydrogen-bond acceptors (Lipinski definition) is 4. The Morgan fingerprint density at radius 3 is 2.42 bits per heavy atom. The summed E-state index contributed by atoms with van der Waals surface area (Å²) in [6.45, 7) is 8.03. The number of ether oxygens (including phenoxy) is 1. The van der Waals surface area contributed by atoms with Crippen molar-refractivity contribution < 1.29 is 14.3 Å². The highest BCUT2D eigenvalue weighted by atomic mass is 16.5. The number of rotatable bonds is 6. The van der Waals surface area contributed by atoms with E-state index in [1.165, 1.54) is 4.90 Å². The summed E-state index contributed by atoms with van der Waals surface area (Å²) in [6.07, 6.45) is 5.22. The highest BCUT2D eigenvalue weighted by Crippen LogP contribution is 2.52. The van der Waals surface area contributed by atoms with Crippen molar-refractivity contribution in [2.75, 3.05) is 39.4 Å². The second-order valence-electron chi connectivity index (χ2n) is 8.25. The first-order chi connectivity index (χ1) is 12.5. The van der Waals surface area contributed by atoms with E-state index in [-0.39, 0.29) is 40.9 Å². The summed E-state index contributed by atoms with van der Waals surface area (Å²) in [5.41, 5.74) is 0.118. The van der Waals surface area contributed by atoms with Crippen LogP contribution in [0.5, 0.6) is 0 Å². The molecule has 7 nitrogen and oxygen atoms in total. The zero-order chi connectivity index (χ0) is 18.3. The van der Waals surface area contributed by atoms with Crippen LogP contribution in [0.4, 0.5) is 0 Å². The Balaban J connectivity index is 1.31. The van der Waals surface area contributed by atoms with Crippen LogP contribution >= 0.6 is 0 Å². The molecule has 4 rings (SSSR count). The van der Waals surface area contributed by atoms with E-state index in [4.69, 9.17) is 4.74 Å². The van der Waals surface area contributed by atoms with Crippen LogP contribution in [0.1, 0.15) is 20.3 Å². The molecule has 0 aromatic heterocycles. The number of nitrogens with zero attached hydrogens (tertiary/aromatic N) is 2. The molecular formula is C19H28N4O3. The van der Waals surface area contributed by atoms with Crippen LogP contribution in [-0.4, -0.2) is 62.1 Å². The third-order valence-corrected chi connectivity index (χ3v) is 6.05. The number of aliphatic imine (C=N–C) groups is 1. The largest absolute Gasteiger partial charge is 0.380 e. The maximum Gasteiger partial charge on any atom is 0.233 e. The zero-order valence-corrected chi connectivity index (χ0v) is 15.5. The summed E-state index contributed by atoms with van der Waals surface area (Å²) >= 11 is 0. The van der Waals surface area contributed by atoms with Crippen LogP contribution in [0.25, 0.3) is 0 Å². The number of carbonyl (C=O) groups excluding carboxylic acids is 2. The minimum absolute atomic E-state index is 0.0136. The summed E-state index contributed by atoms with van der Waals surface area (Å²) in [6, 6.07) is 0. The number of nitrogens with one attached hydrogen (secondary N) is 2. The minimum atomic E-state index is -0.113. The lowest BCUT2D eigenvalue weighted by molar-refractivity contribution is -0.140. The topological polar surface area (TPSA) is 83.0 Å². The molecule has 1 saturated carbocycles. The Kier molecular flexibility index (Phi) is 4.50. The van der Waals surface area contributed by atoms with E-state index in [1.807, 2.05) is 6.92 Å². The first kappa shape index (κ1) is 17.5. The number of hydrogen-bond donors (Lipinski definition) is 2. The molecule has 0 radical (unpaired) electrons. The Morgan fingerprint density at radius 1 is 1.23 bits per heavy atom. The second-order valence-corrected chi connectivity index (χ2v) is 8.25. The van der Waals surface area contributed by atoms with Crippen molar-refractivity contribution in [2.24, 2.45) is 34.1 Å². The van der Waals surface area contributed by atoms with E-state index in [2.05, 4.69) is 34.7 Å². The van der Waals surface area contributed by atoms with Gasteiger partial charge in [0.15, 0.2) is 5.96 Å². The first-order valence-corrected chi connectivity index (χ1v) is 9.66. The molecule has 26 heavy (non-hydrogen) atoms. The Bertz CT molecular complexity index is 625. The first-order valence-electron chi connectivity index (χ1n) is 9.66. The smallest absolute Gasteiger partial charge is 0.233 e. The highest BCUT2D eigenvalue weighted by molar-refractivity contribution is 6.06. The van der Waals surface area contributed by atoms with Gasteiger partial charge in [-0.2, -0.15) is 0 Å². The number of amides is 2. The van der Waals surface area contributed by atoms with Gasteiger partial charge in [-0.1, -0.05) is 19.1 Å². The summed E-state index contributed by atoms with van der Waals surface area (Å²) in [7, 11) is 0. The summed E-state index contributed by atoms with van der Waals surface area (Å²) in [5, 5.41) is 6.46. The molecule has 0 aromatic carbocycles. The number of fused-ring (bicyclic) bond motifs is 5. The van der Waals surface area contributed by atoms with E-state index in [0.29, 0.717) is 19.6 Å². The quantitative estimate of drug-likeness (QED) is 0.310. The van der Waals surface area contributed by atoms with Crippen molar-refractivity contribution in [1.29, 1.82) is 0 Å². The van der Waals surface area contributed by atoms with Gasteiger partial charge in [-0.3, -0.25) is 19.5 Å². The lowest BCUT2D eigenvalue weighted by Crippen LogP contribution is -2.46. The molecule has 0 aromatic rings. The van der Waals surface area contributed by atoms with Crippen molar-refractivity contribution in [3.63, 3.8) is 0 Å². The molecule has 2 saturated heterocycles. The van der Waals surface area contributed by atoms with Gasteiger partial charge in [0.25, 0.3) is 0 Å². The SMILES string of the molecule is CCNC(=NCC1(C)COC1)NCCN1C(=O)C2C3C=CC(C3)C2C1=O. The third kappa shape index (κ3) is 2.92. The number of guanidine groups is 1. The molecule has 4 aliphatic rings. The van der Waals surface area contributed by atoms with Crippen LogP contribution in [0.3, 0.4) is 0 Å². The molecule has 142 valence electrons. The highest BCUT2D eigenvalue weighted by Gasteiger charge is 2.58. The lowest BCUT2D eigenvalue weighted by atomic mass is 9.85. The van der Waals surface area contributed by atoms with E-state index >= 15 is 0 Å². The predicted octanol–water partition coefficient (Wildman–Crippen LogP) is 0.385. The molecule has 2 aliphatic heterocycles. The summed E-state index contributed by atoms with van der Waals surface area (Å²) in [5.74, 6) is 1.06. The minimum Gasteiger partial charge on any atom is -0.380 e. The summed E-state index contributed by atoms with van der Waals surface area (Å²) in [4.78, 5) is 31.4. The third-order valence-electron chi connectivity index (χ3n) is 6.05. The van der Waals surface area contributed by atoms with E-state index in [0.717, 1.165) is 32.1 Å². The van der Waals surface area contributed by atoms with Crippen LogP contribution in [0.15, 0.2) is 17.1 Å². The van der Waals surface area contributed by atoms with Crippen molar-refractivity contribution in [1.82, 2.24) is 15.5 Å². The molecule has 4 unspecified atom stereocenters. The van der Waals surface area contributed by atoms with Gasteiger partial charge in [0, 0.05) is 25.0 Å². The molecule has 7 heteroatoms. The van der Waals surface area contributed by atoms with Gasteiger partial charge < -0.3 is 15.4 Å². The Hall–Kier alpha value is -1.89. The van der Waals surface area contributed by atoms with Crippen molar-refractivity contribution in [3.05, 3.63) is 12.2 Å². The fraction of sp³-hybridized carbons (Fsp3) is 0.737. The number of imide groups is 1. The van der Waals surface area contributed by atoms with E-state index < -0.39 is 0 Å². The maximum atomic E-state index is 12.7. The summed E-state index contributed by atoms with van der Waals surface area (Å²) < 4.78 is 5.26. The van der Waals surface area contributed by atoms with Crippen LogP contribution < -0.4 is 10.6 Å². The van der Waals surface area contributed by atoms with Crippen molar-refractivity contribution in [3.8, 4) is 0 Å². The van der Waals surface area contributed by atoms with Gasteiger partial charge in [-0.05, 0) is 25.2 Å². The van der Waals surface area contributed by atoms with Gasteiger partial charge in [0.1, 0.15) is 0 Å². The average molecular weight is 360 g/mol. The Morgan fingerprint density at radius 2 is 1.88 bits per heavy atom. The van der Waals surface area contributed by atoms with Crippen molar-refractivity contribution >= 4 is 17.8 Å². The predicted molar refractivity (Wildman–Crippen MR) is 97.3 cm³/mol. The van der Waals surface area contributed by atoms with Crippen molar-refractivity contribution in [2.45, 2.75) is 20.3 Å². The fourth-order valence-corrected chi connectivity index (χ4v) is 4.62. The number of carbonyl (C=O) groups is 2. The average Bonchev–Trinajstić information content (AvgIpc) is 3.27. The van der Waals surface area contributed by atoms with Crippen LogP contribution in [0, 0.1) is 29.1 Å².